The Kier molecular flexibility index (Phi) is 4.51. The summed E-state index contributed by atoms with van der Waals surface area (Å²) < 4.78 is 0. The molecule has 0 aliphatic heterocycles. The number of anilines is 1. The SMILES string of the molecule is C#CCCCCNc1ccc2ncccc2c1[N+](=O)[O-]. The van der Waals surface area contributed by atoms with Crippen molar-refractivity contribution in [1.82, 2.24) is 4.98 Å². The predicted octanol–water partition coefficient (Wildman–Crippen LogP) is 3.36. The summed E-state index contributed by atoms with van der Waals surface area (Å²) in [6.45, 7) is 0.661. The maximum atomic E-state index is 11.3. The quantitative estimate of drug-likeness (QED) is 0.378. The number of pyridine rings is 1. The van der Waals surface area contributed by atoms with Gasteiger partial charge in [0.05, 0.1) is 15.8 Å². The summed E-state index contributed by atoms with van der Waals surface area (Å²) in [5.74, 6) is 2.58. The summed E-state index contributed by atoms with van der Waals surface area (Å²) in [5.41, 5.74) is 1.22. The molecule has 0 radical (unpaired) electrons. The number of nitro groups is 1. The second-order valence-electron chi connectivity index (χ2n) is 4.38. The maximum Gasteiger partial charge on any atom is 0.301 e. The lowest BCUT2D eigenvalue weighted by atomic mass is 10.1. The van der Waals surface area contributed by atoms with Gasteiger partial charge in [-0.15, -0.1) is 12.3 Å². The maximum absolute atomic E-state index is 11.3. The van der Waals surface area contributed by atoms with Gasteiger partial charge in [-0.25, -0.2) is 0 Å². The van der Waals surface area contributed by atoms with E-state index in [2.05, 4.69) is 16.2 Å². The average Bonchev–Trinajstić information content (AvgIpc) is 2.46. The van der Waals surface area contributed by atoms with Gasteiger partial charge in [0.25, 0.3) is 0 Å². The first-order valence-electron chi connectivity index (χ1n) is 6.43. The molecule has 0 aliphatic carbocycles. The van der Waals surface area contributed by atoms with Crippen LogP contribution in [0.1, 0.15) is 19.3 Å². The molecule has 1 aromatic carbocycles. The molecule has 5 heteroatoms. The van der Waals surface area contributed by atoms with Crippen LogP contribution in [0.2, 0.25) is 0 Å². The Morgan fingerprint density at radius 2 is 2.20 bits per heavy atom. The zero-order valence-electron chi connectivity index (χ0n) is 11.0. The topological polar surface area (TPSA) is 68.1 Å². The van der Waals surface area contributed by atoms with E-state index in [1.165, 1.54) is 0 Å². The molecule has 0 unspecified atom stereocenters. The van der Waals surface area contributed by atoms with Crippen molar-refractivity contribution in [3.05, 3.63) is 40.6 Å². The standard InChI is InChI=1S/C15H15N3O2/c1-2-3-4-5-10-17-14-9-8-13-12(7-6-11-16-13)15(14)18(19)20/h1,6-9,11,17H,3-5,10H2. The van der Waals surface area contributed by atoms with Gasteiger partial charge in [0.15, 0.2) is 0 Å². The molecule has 0 atom stereocenters. The van der Waals surface area contributed by atoms with Gasteiger partial charge in [-0.05, 0) is 37.1 Å². The Labute approximate surface area is 117 Å². The van der Waals surface area contributed by atoms with Gasteiger partial charge < -0.3 is 5.32 Å². The predicted molar refractivity (Wildman–Crippen MR) is 79.6 cm³/mol. The molecule has 2 rings (SSSR count). The number of hydrogen-bond acceptors (Lipinski definition) is 4. The van der Waals surface area contributed by atoms with E-state index in [1.54, 1.807) is 30.5 Å². The fourth-order valence-corrected chi connectivity index (χ4v) is 2.05. The molecule has 102 valence electrons. The normalized spacial score (nSPS) is 10.2. The number of rotatable bonds is 6. The Morgan fingerprint density at radius 3 is 2.95 bits per heavy atom. The number of fused-ring (bicyclic) bond motifs is 1. The number of terminal acetylenes is 1. The minimum absolute atomic E-state index is 0.0764. The second-order valence-corrected chi connectivity index (χ2v) is 4.38. The number of aromatic nitrogens is 1. The third kappa shape index (κ3) is 3.04. The van der Waals surface area contributed by atoms with Crippen LogP contribution in [0.4, 0.5) is 11.4 Å². The summed E-state index contributed by atoms with van der Waals surface area (Å²) in [7, 11) is 0. The molecule has 0 bridgehead atoms. The van der Waals surface area contributed by atoms with Crippen LogP contribution in [0.15, 0.2) is 30.5 Å². The van der Waals surface area contributed by atoms with Gasteiger partial charge in [-0.1, -0.05) is 0 Å². The van der Waals surface area contributed by atoms with Crippen LogP contribution in [-0.2, 0) is 0 Å². The molecule has 1 N–H and O–H groups in total. The minimum Gasteiger partial charge on any atom is -0.379 e. The van der Waals surface area contributed by atoms with Crippen molar-refractivity contribution >= 4 is 22.3 Å². The minimum atomic E-state index is -0.367. The molecule has 5 nitrogen and oxygen atoms in total. The van der Waals surface area contributed by atoms with E-state index >= 15 is 0 Å². The molecule has 0 saturated heterocycles. The van der Waals surface area contributed by atoms with Crippen molar-refractivity contribution in [3.8, 4) is 12.3 Å². The molecule has 0 spiro atoms. The van der Waals surface area contributed by atoms with Crippen molar-refractivity contribution in [2.24, 2.45) is 0 Å². The molecule has 0 amide bonds. The van der Waals surface area contributed by atoms with E-state index < -0.39 is 0 Å². The number of nitrogens with one attached hydrogen (secondary N) is 1. The Balaban J connectivity index is 2.22. The Morgan fingerprint density at radius 1 is 1.35 bits per heavy atom. The van der Waals surface area contributed by atoms with E-state index in [0.29, 0.717) is 23.1 Å². The monoisotopic (exact) mass is 269 g/mol. The lowest BCUT2D eigenvalue weighted by Gasteiger charge is -2.08. The summed E-state index contributed by atoms with van der Waals surface area (Å²) in [6, 6.07) is 6.90. The zero-order chi connectivity index (χ0) is 14.4. The number of benzene rings is 1. The van der Waals surface area contributed by atoms with Crippen LogP contribution in [0.25, 0.3) is 10.9 Å². The third-order valence-corrected chi connectivity index (χ3v) is 3.00. The van der Waals surface area contributed by atoms with Gasteiger partial charge >= 0.3 is 5.69 Å². The van der Waals surface area contributed by atoms with Crippen molar-refractivity contribution in [1.29, 1.82) is 0 Å². The van der Waals surface area contributed by atoms with Crippen LogP contribution in [0.5, 0.6) is 0 Å². The number of unbranched alkanes of at least 4 members (excludes halogenated alkanes) is 2. The van der Waals surface area contributed by atoms with E-state index in [4.69, 9.17) is 6.42 Å². The number of nitro benzene ring substituents is 1. The van der Waals surface area contributed by atoms with E-state index in [0.717, 1.165) is 19.3 Å². The van der Waals surface area contributed by atoms with E-state index in [1.807, 2.05) is 0 Å². The summed E-state index contributed by atoms with van der Waals surface area (Å²) >= 11 is 0. The molecule has 20 heavy (non-hydrogen) atoms. The largest absolute Gasteiger partial charge is 0.379 e. The number of hydrogen-bond donors (Lipinski definition) is 1. The summed E-state index contributed by atoms with van der Waals surface area (Å²) in [5, 5.41) is 14.9. The van der Waals surface area contributed by atoms with Crippen molar-refractivity contribution < 1.29 is 4.92 Å². The highest BCUT2D eigenvalue weighted by Crippen LogP contribution is 2.32. The zero-order valence-corrected chi connectivity index (χ0v) is 11.0. The van der Waals surface area contributed by atoms with Crippen LogP contribution >= 0.6 is 0 Å². The van der Waals surface area contributed by atoms with Crippen LogP contribution < -0.4 is 5.32 Å². The van der Waals surface area contributed by atoms with Gasteiger partial charge in [0.1, 0.15) is 5.69 Å². The molecule has 0 aliphatic rings. The highest BCUT2D eigenvalue weighted by Gasteiger charge is 2.18. The van der Waals surface area contributed by atoms with Gasteiger partial charge in [-0.3, -0.25) is 15.1 Å². The van der Waals surface area contributed by atoms with Gasteiger partial charge in [0, 0.05) is 19.2 Å². The highest BCUT2D eigenvalue weighted by molar-refractivity contribution is 5.94. The molecule has 0 fully saturated rings. The lowest BCUT2D eigenvalue weighted by Crippen LogP contribution is -2.04. The van der Waals surface area contributed by atoms with E-state index in [9.17, 15) is 10.1 Å². The first-order chi connectivity index (χ1) is 9.74. The third-order valence-electron chi connectivity index (χ3n) is 3.00. The second kappa shape index (κ2) is 6.53. The van der Waals surface area contributed by atoms with Crippen molar-refractivity contribution in [2.75, 3.05) is 11.9 Å². The fourth-order valence-electron chi connectivity index (χ4n) is 2.05. The lowest BCUT2D eigenvalue weighted by molar-refractivity contribution is -0.382. The smallest absolute Gasteiger partial charge is 0.301 e. The first-order valence-corrected chi connectivity index (χ1v) is 6.43. The molecule has 0 saturated carbocycles. The van der Waals surface area contributed by atoms with Crippen LogP contribution in [0, 0.1) is 22.5 Å². The Bertz CT molecular complexity index is 662. The van der Waals surface area contributed by atoms with Crippen LogP contribution in [0.3, 0.4) is 0 Å². The first kappa shape index (κ1) is 13.8. The molecular weight excluding hydrogens is 254 g/mol. The summed E-state index contributed by atoms with van der Waals surface area (Å²) in [4.78, 5) is 15.0. The molecular formula is C15H15N3O2. The van der Waals surface area contributed by atoms with Gasteiger partial charge in [0.2, 0.25) is 0 Å². The van der Waals surface area contributed by atoms with Crippen molar-refractivity contribution in [3.63, 3.8) is 0 Å². The highest BCUT2D eigenvalue weighted by atomic mass is 16.6. The fraction of sp³-hybridized carbons (Fsp3) is 0.267. The average molecular weight is 269 g/mol. The van der Waals surface area contributed by atoms with E-state index in [-0.39, 0.29) is 10.6 Å². The Hall–Kier alpha value is -2.61. The van der Waals surface area contributed by atoms with Crippen molar-refractivity contribution in [2.45, 2.75) is 19.3 Å². The number of nitrogens with zero attached hydrogens (tertiary/aromatic N) is 2. The molecule has 1 heterocycles. The molecule has 2 aromatic rings. The summed E-state index contributed by atoms with van der Waals surface area (Å²) in [6.07, 6.45) is 9.32. The van der Waals surface area contributed by atoms with Crippen LogP contribution in [-0.4, -0.2) is 16.5 Å². The molecule has 1 aromatic heterocycles. The van der Waals surface area contributed by atoms with Gasteiger partial charge in [-0.2, -0.15) is 0 Å².